The predicted molar refractivity (Wildman–Crippen MR) is 142 cm³/mol. The van der Waals surface area contributed by atoms with Gasteiger partial charge in [-0.2, -0.15) is 0 Å². The average molecular weight is 526 g/mol. The number of nitrogens with one attached hydrogen (secondary N) is 2. The van der Waals surface area contributed by atoms with E-state index < -0.39 is 0 Å². The summed E-state index contributed by atoms with van der Waals surface area (Å²) >= 11 is 0. The van der Waals surface area contributed by atoms with Gasteiger partial charge in [-0.1, -0.05) is 0 Å². The number of nitrogens with zero attached hydrogens (tertiary/aromatic N) is 1. The molecule has 4 rings (SSSR count). The highest BCUT2D eigenvalue weighted by Crippen LogP contribution is 2.35. The highest BCUT2D eigenvalue weighted by Gasteiger charge is 2.27. The summed E-state index contributed by atoms with van der Waals surface area (Å²) < 4.78 is 22.3. The number of carbonyl (C=O) groups is 3. The van der Waals surface area contributed by atoms with E-state index in [0.717, 1.165) is 5.56 Å². The number of hydrogen-bond acceptors (Lipinski definition) is 7. The van der Waals surface area contributed by atoms with Crippen LogP contribution in [0.25, 0.3) is 11.6 Å². The molecule has 0 bridgehead atoms. The van der Waals surface area contributed by atoms with Gasteiger partial charge in [0.25, 0.3) is 11.8 Å². The number of aromatic amines is 1. The van der Waals surface area contributed by atoms with Crippen LogP contribution in [0.2, 0.25) is 0 Å². The van der Waals surface area contributed by atoms with E-state index in [2.05, 4.69) is 10.3 Å². The van der Waals surface area contributed by atoms with Crippen LogP contribution in [-0.2, 0) is 23.7 Å². The third-order valence-corrected chi connectivity index (χ3v) is 6.60. The molecule has 0 aliphatic carbocycles. The number of rotatable bonds is 3. The fourth-order valence-electron chi connectivity index (χ4n) is 4.52. The predicted octanol–water partition coefficient (Wildman–Crippen LogP) is 2.85. The van der Waals surface area contributed by atoms with Crippen molar-refractivity contribution in [3.05, 3.63) is 51.8 Å². The van der Waals surface area contributed by atoms with E-state index in [0.29, 0.717) is 105 Å². The van der Waals surface area contributed by atoms with Gasteiger partial charge in [0.2, 0.25) is 0 Å². The molecule has 0 atom stereocenters. The number of aryl methyl sites for hydroxylation is 1. The summed E-state index contributed by atoms with van der Waals surface area (Å²) in [6.07, 6.45) is 1.74. The smallest absolute Gasteiger partial charge is 0.256 e. The number of aromatic nitrogens is 1. The second-order valence-electron chi connectivity index (χ2n) is 9.23. The molecule has 2 aliphatic heterocycles. The van der Waals surface area contributed by atoms with E-state index in [9.17, 15) is 14.4 Å². The Morgan fingerprint density at radius 3 is 2.05 bits per heavy atom. The third-order valence-electron chi connectivity index (χ3n) is 6.60. The molecule has 2 amide bonds. The minimum absolute atomic E-state index is 0.0768. The summed E-state index contributed by atoms with van der Waals surface area (Å²) in [5.74, 6) is -0.472. The van der Waals surface area contributed by atoms with Crippen LogP contribution in [0.1, 0.15) is 50.2 Å². The topological polar surface area (TPSA) is 119 Å². The van der Waals surface area contributed by atoms with Crippen LogP contribution in [-0.4, -0.2) is 93.4 Å². The standard InChI is InChI=1S/C28H35N3O7/c1-18-25(17-23-22-16-21(20(3)32)4-5-24(22)30-27(23)33)29-19(2)26(18)28(34)31-6-8-35-10-12-37-14-15-38-13-11-36-9-7-31/h4-5,16-17,29H,6-15H2,1-3H3,(H,30,33)/b23-17-. The molecule has 0 spiro atoms. The molecule has 0 unspecified atom stereocenters. The zero-order chi connectivity index (χ0) is 27.1. The van der Waals surface area contributed by atoms with Crippen LogP contribution in [0, 0.1) is 13.8 Å². The SMILES string of the molecule is CC(=O)c1ccc2c(c1)/C(=C/c1[nH]c(C)c(C(=O)N3CCOCCOCCOCCOCC3)c1C)C(=O)N2. The van der Waals surface area contributed by atoms with Crippen molar-refractivity contribution in [3.8, 4) is 0 Å². The Kier molecular flexibility index (Phi) is 9.46. The van der Waals surface area contributed by atoms with E-state index in [1.807, 2.05) is 13.8 Å². The number of fused-ring (bicyclic) bond motifs is 1. The molecule has 38 heavy (non-hydrogen) atoms. The monoisotopic (exact) mass is 525 g/mol. The number of carbonyl (C=O) groups excluding carboxylic acids is 3. The number of hydrogen-bond donors (Lipinski definition) is 2. The molecular weight excluding hydrogens is 490 g/mol. The van der Waals surface area contributed by atoms with Crippen LogP contribution < -0.4 is 5.32 Å². The summed E-state index contributed by atoms with van der Waals surface area (Å²) in [6, 6.07) is 5.15. The molecule has 2 N–H and O–H groups in total. The summed E-state index contributed by atoms with van der Waals surface area (Å²) in [6.45, 7) is 9.57. The third kappa shape index (κ3) is 6.57. The molecule has 1 aromatic heterocycles. The fraction of sp³-hybridized carbons (Fsp3) is 0.464. The van der Waals surface area contributed by atoms with Crippen molar-refractivity contribution in [2.75, 3.05) is 71.3 Å². The minimum Gasteiger partial charge on any atom is -0.377 e. The zero-order valence-electron chi connectivity index (χ0n) is 22.2. The summed E-state index contributed by atoms with van der Waals surface area (Å²) in [4.78, 5) is 43.3. The molecule has 1 saturated heterocycles. The van der Waals surface area contributed by atoms with Crippen molar-refractivity contribution >= 4 is 34.9 Å². The molecule has 10 heteroatoms. The first kappa shape index (κ1) is 27.7. The first-order chi connectivity index (χ1) is 18.4. The van der Waals surface area contributed by atoms with Crippen LogP contribution in [0.3, 0.4) is 0 Å². The number of ether oxygens (including phenoxy) is 4. The highest BCUT2D eigenvalue weighted by atomic mass is 16.6. The summed E-state index contributed by atoms with van der Waals surface area (Å²) in [5.41, 5.74) is 4.94. The van der Waals surface area contributed by atoms with Gasteiger partial charge in [0.15, 0.2) is 5.78 Å². The molecular formula is C28H35N3O7. The van der Waals surface area contributed by atoms with E-state index in [-0.39, 0.29) is 17.6 Å². The normalized spacial score (nSPS) is 19.0. The van der Waals surface area contributed by atoms with E-state index in [1.165, 1.54) is 6.92 Å². The van der Waals surface area contributed by atoms with Gasteiger partial charge in [-0.3, -0.25) is 14.4 Å². The lowest BCUT2D eigenvalue weighted by atomic mass is 10.0. The van der Waals surface area contributed by atoms with Gasteiger partial charge in [-0.15, -0.1) is 0 Å². The second kappa shape index (κ2) is 13.0. The van der Waals surface area contributed by atoms with Gasteiger partial charge in [0.1, 0.15) is 0 Å². The van der Waals surface area contributed by atoms with Crippen molar-refractivity contribution in [1.82, 2.24) is 9.88 Å². The highest BCUT2D eigenvalue weighted by molar-refractivity contribution is 6.35. The van der Waals surface area contributed by atoms with Gasteiger partial charge in [-0.25, -0.2) is 0 Å². The number of Topliss-reactive ketones (excluding diaryl/α,β-unsaturated/α-hetero) is 1. The van der Waals surface area contributed by atoms with Crippen molar-refractivity contribution in [2.45, 2.75) is 20.8 Å². The quantitative estimate of drug-likeness (QED) is 0.467. The summed E-state index contributed by atoms with van der Waals surface area (Å²) in [5, 5.41) is 2.84. The van der Waals surface area contributed by atoms with Crippen molar-refractivity contribution in [1.29, 1.82) is 0 Å². The molecule has 2 aromatic rings. The van der Waals surface area contributed by atoms with Crippen molar-refractivity contribution in [2.24, 2.45) is 0 Å². The number of amides is 2. The average Bonchev–Trinajstić information content (AvgIpc) is 3.35. The molecule has 0 radical (unpaired) electrons. The molecule has 1 aromatic carbocycles. The number of anilines is 1. The maximum Gasteiger partial charge on any atom is 0.256 e. The molecule has 10 nitrogen and oxygen atoms in total. The fourth-order valence-corrected chi connectivity index (χ4v) is 4.52. The Morgan fingerprint density at radius 2 is 1.47 bits per heavy atom. The lowest BCUT2D eigenvalue weighted by molar-refractivity contribution is -0.110. The Hall–Kier alpha value is -3.31. The van der Waals surface area contributed by atoms with Crippen molar-refractivity contribution < 1.29 is 33.3 Å². The van der Waals surface area contributed by atoms with Crippen LogP contribution in [0.15, 0.2) is 18.2 Å². The Balaban J connectivity index is 1.56. The van der Waals surface area contributed by atoms with E-state index in [4.69, 9.17) is 18.9 Å². The van der Waals surface area contributed by atoms with E-state index >= 15 is 0 Å². The lowest BCUT2D eigenvalue weighted by Crippen LogP contribution is -2.37. The maximum atomic E-state index is 13.7. The van der Waals surface area contributed by atoms with Crippen LogP contribution in [0.5, 0.6) is 0 Å². The minimum atomic E-state index is -0.256. The number of H-pyrrole nitrogens is 1. The summed E-state index contributed by atoms with van der Waals surface area (Å²) in [7, 11) is 0. The number of benzene rings is 1. The first-order valence-corrected chi connectivity index (χ1v) is 12.8. The molecule has 1 fully saturated rings. The number of ketones is 1. The van der Waals surface area contributed by atoms with Gasteiger partial charge < -0.3 is 34.1 Å². The maximum absolute atomic E-state index is 13.7. The Morgan fingerprint density at radius 1 is 0.895 bits per heavy atom. The molecule has 0 saturated carbocycles. The Labute approximate surface area is 222 Å². The zero-order valence-corrected chi connectivity index (χ0v) is 22.2. The lowest BCUT2D eigenvalue weighted by Gasteiger charge is -2.23. The molecule has 2 aliphatic rings. The van der Waals surface area contributed by atoms with Gasteiger partial charge in [0, 0.05) is 41.3 Å². The van der Waals surface area contributed by atoms with Gasteiger partial charge >= 0.3 is 0 Å². The second-order valence-corrected chi connectivity index (χ2v) is 9.23. The van der Waals surface area contributed by atoms with E-state index in [1.54, 1.807) is 29.2 Å². The first-order valence-electron chi connectivity index (χ1n) is 12.8. The Bertz CT molecular complexity index is 1200. The van der Waals surface area contributed by atoms with Crippen LogP contribution >= 0.6 is 0 Å². The molecule has 204 valence electrons. The van der Waals surface area contributed by atoms with Gasteiger partial charge in [0.05, 0.1) is 64.0 Å². The molecule has 3 heterocycles. The largest absolute Gasteiger partial charge is 0.377 e. The van der Waals surface area contributed by atoms with Crippen molar-refractivity contribution in [3.63, 3.8) is 0 Å². The van der Waals surface area contributed by atoms with Crippen LogP contribution in [0.4, 0.5) is 5.69 Å². The van der Waals surface area contributed by atoms with Gasteiger partial charge in [-0.05, 0) is 50.6 Å².